The van der Waals surface area contributed by atoms with Gasteiger partial charge in [-0.2, -0.15) is 5.16 Å². The summed E-state index contributed by atoms with van der Waals surface area (Å²) in [5.74, 6) is -2.48. The Labute approximate surface area is 188 Å². The highest BCUT2D eigenvalue weighted by molar-refractivity contribution is 14.1. The van der Waals surface area contributed by atoms with Gasteiger partial charge in [0, 0.05) is 0 Å². The number of thiocarbonyl (C=S) groups is 1. The smallest absolute Gasteiger partial charge is 0.155 e. The van der Waals surface area contributed by atoms with Crippen molar-refractivity contribution in [3.05, 3.63) is 33.6 Å². The molecule has 0 amide bonds. The van der Waals surface area contributed by atoms with Gasteiger partial charge in [-0.25, -0.2) is 13.2 Å². The predicted molar refractivity (Wildman–Crippen MR) is 123 cm³/mol. The van der Waals surface area contributed by atoms with Gasteiger partial charge in [-0.15, -0.1) is 0 Å². The zero-order valence-electron chi connectivity index (χ0n) is 13.9. The molecule has 1 aromatic rings. The van der Waals surface area contributed by atoms with Crippen molar-refractivity contribution in [1.29, 1.82) is 0 Å². The third kappa shape index (κ3) is 8.11. The molecule has 0 aliphatic carbocycles. The topological polar surface area (TPSA) is 22.3 Å². The summed E-state index contributed by atoms with van der Waals surface area (Å²) in [6, 6.07) is 0. The lowest BCUT2D eigenvalue weighted by Gasteiger charge is -2.34. The van der Waals surface area contributed by atoms with Gasteiger partial charge in [-0.05, 0) is 95.5 Å². The highest BCUT2D eigenvalue weighted by Crippen LogP contribution is 2.28. The van der Waals surface area contributed by atoms with Gasteiger partial charge in [0.05, 0.1) is 36.9 Å². The predicted octanol–water partition coefficient (Wildman–Crippen LogP) is 6.46. The third-order valence-corrected chi connectivity index (χ3v) is 6.68. The van der Waals surface area contributed by atoms with Gasteiger partial charge in [0.25, 0.3) is 0 Å². The molecule has 9 heteroatoms. The molecule has 0 aliphatic heterocycles. The molecule has 0 radical (unpaired) electrons. The monoisotopic (exact) mass is 698 g/mol. The molecule has 24 heavy (non-hydrogen) atoms. The van der Waals surface area contributed by atoms with Crippen LogP contribution in [0.5, 0.6) is 0 Å². The van der Waals surface area contributed by atoms with Crippen LogP contribution in [0.2, 0.25) is 0 Å². The zero-order valence-corrected chi connectivity index (χ0v) is 21.2. The van der Waals surface area contributed by atoms with Gasteiger partial charge < -0.3 is 9.89 Å². The second-order valence-corrected chi connectivity index (χ2v) is 8.00. The molecule has 0 saturated carbocycles. The van der Waals surface area contributed by atoms with E-state index in [1.54, 1.807) is 0 Å². The fourth-order valence-electron chi connectivity index (χ4n) is 1.92. The molecule has 0 saturated heterocycles. The maximum Gasteiger partial charge on any atom is 0.155 e. The van der Waals surface area contributed by atoms with Crippen molar-refractivity contribution in [3.8, 4) is 0 Å². The van der Waals surface area contributed by atoms with Gasteiger partial charge in [0.2, 0.25) is 0 Å². The highest BCUT2D eigenvalue weighted by Gasteiger charge is 2.20. The van der Waals surface area contributed by atoms with Crippen molar-refractivity contribution < 1.29 is 17.7 Å². The maximum absolute atomic E-state index is 12.9. The fraction of sp³-hybridized carbons (Fsp3) is 0.533. The van der Waals surface area contributed by atoms with E-state index in [1.807, 2.05) is 0 Å². The van der Waals surface area contributed by atoms with Gasteiger partial charge in [0.15, 0.2) is 17.5 Å². The van der Waals surface area contributed by atoms with Crippen LogP contribution in [0.15, 0.2) is 0 Å². The fourth-order valence-corrected chi connectivity index (χ4v) is 5.09. The first-order valence-electron chi connectivity index (χ1n) is 7.15. The number of hydrogen-bond donors (Lipinski definition) is 0. The normalized spacial score (nSPS) is 10.1. The molecule has 0 spiro atoms. The van der Waals surface area contributed by atoms with E-state index in [0.29, 0.717) is 0 Å². The number of benzene rings is 1. The second kappa shape index (κ2) is 14.1. The maximum atomic E-state index is 12.9. The molecular weight excluding hydrogens is 678 g/mol. The summed E-state index contributed by atoms with van der Waals surface area (Å²) in [6.45, 7) is 14.2. The molecule has 1 aromatic carbocycles. The van der Waals surface area contributed by atoms with Crippen LogP contribution in [-0.2, 0) is 0 Å². The van der Waals surface area contributed by atoms with Crippen LogP contribution in [0, 0.1) is 28.2 Å². The van der Waals surface area contributed by atoms with E-state index in [1.165, 1.54) is 104 Å². The summed E-state index contributed by atoms with van der Waals surface area (Å²) in [6.07, 6.45) is 0. The van der Waals surface area contributed by atoms with Crippen molar-refractivity contribution in [2.45, 2.75) is 27.7 Å². The van der Waals surface area contributed by atoms with Crippen LogP contribution in [0.1, 0.15) is 27.7 Å². The van der Waals surface area contributed by atoms with E-state index in [9.17, 15) is 13.2 Å². The summed E-state index contributed by atoms with van der Waals surface area (Å²) in [7, 11) is 0. The quantitative estimate of drug-likeness (QED) is 0.0885. The van der Waals surface area contributed by atoms with Crippen molar-refractivity contribution in [2.75, 3.05) is 26.2 Å². The molecule has 0 fully saturated rings. The van der Waals surface area contributed by atoms with Crippen LogP contribution >= 0.6 is 80.0 Å². The van der Waals surface area contributed by atoms with Crippen LogP contribution in [-0.4, -0.2) is 35.8 Å². The van der Waals surface area contributed by atoms with Gasteiger partial charge in [0.1, 0.15) is 0 Å². The molecule has 0 N–H and O–H groups in total. The standard InChI is InChI=1S/C8H20N.C6F3I3.CNS/c1-5-9(6-2,7-3)8-4;7-1-4(10)2(8)6(12)3(9)5(1)11;2-1-3/h5-8H2,1-4H3;;/q+1;;-1. The Kier molecular flexibility index (Phi) is 15.9. The summed E-state index contributed by atoms with van der Waals surface area (Å²) in [4.78, 5) is 0. The molecule has 138 valence electrons. The van der Waals surface area contributed by atoms with E-state index >= 15 is 0 Å². The lowest BCUT2D eigenvalue weighted by molar-refractivity contribution is -0.921. The van der Waals surface area contributed by atoms with E-state index in [0.717, 1.165) is 0 Å². The molecule has 0 heterocycles. The van der Waals surface area contributed by atoms with E-state index in [4.69, 9.17) is 5.41 Å². The zero-order chi connectivity index (χ0) is 19.5. The van der Waals surface area contributed by atoms with Crippen LogP contribution < -0.4 is 0 Å². The first-order chi connectivity index (χ1) is 11.1. The number of hydrogen-bond acceptors (Lipinski definition) is 1. The van der Waals surface area contributed by atoms with Crippen molar-refractivity contribution >= 4 is 85.2 Å². The molecule has 0 aliphatic rings. The Morgan fingerprint density at radius 2 is 0.958 bits per heavy atom. The minimum atomic E-state index is -0.827. The number of rotatable bonds is 4. The molecule has 0 aromatic heterocycles. The van der Waals surface area contributed by atoms with Crippen LogP contribution in [0.4, 0.5) is 13.2 Å². The molecular formula is C15H20F3I3N2S. The average Bonchev–Trinajstić information content (AvgIpc) is 2.60. The lowest BCUT2D eigenvalue weighted by atomic mass is 10.3. The van der Waals surface area contributed by atoms with Gasteiger partial charge in [-0.1, -0.05) is 12.2 Å². The number of isothiocyanates is 1. The van der Waals surface area contributed by atoms with E-state index < -0.39 is 17.5 Å². The van der Waals surface area contributed by atoms with Crippen molar-refractivity contribution in [3.63, 3.8) is 0 Å². The van der Waals surface area contributed by atoms with Crippen LogP contribution in [0.25, 0.3) is 5.41 Å². The Morgan fingerprint density at radius 1 is 0.792 bits per heavy atom. The summed E-state index contributed by atoms with van der Waals surface area (Å²) in [5, 5.41) is 8.47. The van der Waals surface area contributed by atoms with Gasteiger partial charge in [-0.3, -0.25) is 0 Å². The minimum absolute atomic E-state index is 0.164. The van der Waals surface area contributed by atoms with Gasteiger partial charge >= 0.3 is 0 Å². The Bertz CT molecular complexity index is 439. The van der Waals surface area contributed by atoms with E-state index in [2.05, 4.69) is 39.9 Å². The molecule has 1 rings (SSSR count). The number of nitrogens with zero attached hydrogens (tertiary/aromatic N) is 2. The SMILES string of the molecule is CC[N+](CC)(CC)CC.Fc1c(I)c(F)c(I)c(F)c1I.[N-]=C=S. The largest absolute Gasteiger partial charge is 0.753 e. The van der Waals surface area contributed by atoms with Crippen LogP contribution in [0.3, 0.4) is 0 Å². The highest BCUT2D eigenvalue weighted by atomic mass is 127. The molecule has 0 bridgehead atoms. The van der Waals surface area contributed by atoms with Crippen molar-refractivity contribution in [1.82, 2.24) is 0 Å². The summed E-state index contributed by atoms with van der Waals surface area (Å²) >= 11 is 8.23. The number of quaternary nitrogens is 1. The van der Waals surface area contributed by atoms with Crippen molar-refractivity contribution in [2.24, 2.45) is 0 Å². The van der Waals surface area contributed by atoms with E-state index in [-0.39, 0.29) is 10.7 Å². The number of halogens is 6. The summed E-state index contributed by atoms with van der Waals surface area (Å²) < 4.78 is 39.6. The molecule has 0 unspecified atom stereocenters. The Morgan fingerprint density at radius 3 is 1.04 bits per heavy atom. The molecule has 2 nitrogen and oxygen atoms in total. The lowest BCUT2D eigenvalue weighted by Crippen LogP contribution is -2.47. The summed E-state index contributed by atoms with van der Waals surface area (Å²) in [5.41, 5.74) is 0. The minimum Gasteiger partial charge on any atom is -0.753 e. The third-order valence-electron chi connectivity index (χ3n) is 3.84. The average molecular weight is 698 g/mol. The first-order valence-corrected chi connectivity index (χ1v) is 10.8. The second-order valence-electron chi connectivity index (χ2n) is 4.58. The molecule has 0 atom stereocenters. The Hall–Kier alpha value is 0.960. The first kappa shape index (κ1) is 27.2. The Balaban J connectivity index is 0.